The van der Waals surface area contributed by atoms with Gasteiger partial charge < -0.3 is 11.1 Å². The number of hydrogen-bond donors (Lipinski definition) is 2. The fourth-order valence-electron chi connectivity index (χ4n) is 4.47. The summed E-state index contributed by atoms with van der Waals surface area (Å²) in [4.78, 5) is 12.7. The second kappa shape index (κ2) is 9.43. The summed E-state index contributed by atoms with van der Waals surface area (Å²) in [6.45, 7) is 9.62. The highest BCUT2D eigenvalue weighted by Crippen LogP contribution is 2.36. The Morgan fingerprint density at radius 3 is 2.62 bits per heavy atom. The van der Waals surface area contributed by atoms with Crippen molar-refractivity contribution in [1.82, 2.24) is 15.1 Å². The third kappa shape index (κ3) is 4.75. The molecule has 1 atom stereocenters. The summed E-state index contributed by atoms with van der Waals surface area (Å²) in [5, 5.41) is 7.54. The number of rotatable bonds is 6. The Morgan fingerprint density at radius 2 is 1.97 bits per heavy atom. The minimum Gasteiger partial charge on any atom is -0.350 e. The van der Waals surface area contributed by atoms with Crippen LogP contribution in [0.25, 0.3) is 0 Å². The lowest BCUT2D eigenvalue weighted by molar-refractivity contribution is 0.0928. The molecule has 1 aromatic carbocycles. The molecule has 1 saturated carbocycles. The first-order valence-corrected chi connectivity index (χ1v) is 11.5. The Kier molecular flexibility index (Phi) is 7.17. The second-order valence-electron chi connectivity index (χ2n) is 8.37. The van der Waals surface area contributed by atoms with Gasteiger partial charge in [0.1, 0.15) is 5.69 Å². The lowest BCUT2D eigenvalue weighted by atomic mass is 9.76. The SMILES string of the molecule is CCn1nc(C)c(Br)c1C(=O)NCC1CCC(C(N)c2cccc(C)c2C)CC1. The molecule has 0 bridgehead atoms. The molecule has 1 amide bonds. The quantitative estimate of drug-likeness (QED) is 0.648. The molecule has 3 N–H and O–H groups in total. The number of nitrogens with zero attached hydrogens (tertiary/aromatic N) is 2. The van der Waals surface area contributed by atoms with Crippen molar-refractivity contribution >= 4 is 21.8 Å². The molecule has 3 rings (SSSR count). The second-order valence-corrected chi connectivity index (χ2v) is 9.16. The van der Waals surface area contributed by atoms with E-state index in [-0.39, 0.29) is 11.9 Å². The number of aromatic nitrogens is 2. The van der Waals surface area contributed by atoms with E-state index in [4.69, 9.17) is 5.73 Å². The first-order chi connectivity index (χ1) is 13.8. The zero-order chi connectivity index (χ0) is 21.1. The highest BCUT2D eigenvalue weighted by atomic mass is 79.9. The van der Waals surface area contributed by atoms with Crippen LogP contribution in [0.1, 0.15) is 71.5 Å². The van der Waals surface area contributed by atoms with Gasteiger partial charge in [0.2, 0.25) is 0 Å². The van der Waals surface area contributed by atoms with Crippen LogP contribution < -0.4 is 11.1 Å². The molecule has 0 spiro atoms. The molecule has 5 nitrogen and oxygen atoms in total. The summed E-state index contributed by atoms with van der Waals surface area (Å²) in [6, 6.07) is 6.54. The van der Waals surface area contributed by atoms with Gasteiger partial charge in [-0.05, 0) is 97.8 Å². The highest BCUT2D eigenvalue weighted by molar-refractivity contribution is 9.10. The topological polar surface area (TPSA) is 72.9 Å². The lowest BCUT2D eigenvalue weighted by Crippen LogP contribution is -2.34. The first kappa shape index (κ1) is 22.0. The molecule has 1 unspecified atom stereocenters. The summed E-state index contributed by atoms with van der Waals surface area (Å²) < 4.78 is 2.55. The number of halogens is 1. The number of amides is 1. The molecule has 29 heavy (non-hydrogen) atoms. The summed E-state index contributed by atoms with van der Waals surface area (Å²) in [5.74, 6) is 0.980. The maximum Gasteiger partial charge on any atom is 0.270 e. The van der Waals surface area contributed by atoms with Gasteiger partial charge in [-0.3, -0.25) is 9.48 Å². The third-order valence-corrected chi connectivity index (χ3v) is 7.47. The van der Waals surface area contributed by atoms with E-state index in [0.29, 0.717) is 30.6 Å². The molecule has 1 heterocycles. The molecule has 1 aliphatic carbocycles. The van der Waals surface area contributed by atoms with Crippen molar-refractivity contribution in [2.45, 2.75) is 66.0 Å². The van der Waals surface area contributed by atoms with Gasteiger partial charge in [0, 0.05) is 19.1 Å². The van der Waals surface area contributed by atoms with Crippen LogP contribution in [0.5, 0.6) is 0 Å². The number of nitrogens with one attached hydrogen (secondary N) is 1. The molecule has 0 saturated heterocycles. The largest absolute Gasteiger partial charge is 0.350 e. The van der Waals surface area contributed by atoms with E-state index in [9.17, 15) is 4.79 Å². The van der Waals surface area contributed by atoms with E-state index in [1.807, 2.05) is 13.8 Å². The Morgan fingerprint density at radius 1 is 1.28 bits per heavy atom. The van der Waals surface area contributed by atoms with Gasteiger partial charge in [0.25, 0.3) is 5.91 Å². The standard InChI is InChI=1S/C23H33BrN4O/c1-5-28-22(20(24)16(4)27-28)23(29)26-13-17-9-11-18(12-10-17)21(25)19-8-6-7-14(2)15(19)3/h6-8,17-18,21H,5,9-13,25H2,1-4H3,(H,26,29). The van der Waals surface area contributed by atoms with Crippen molar-refractivity contribution in [2.24, 2.45) is 17.6 Å². The monoisotopic (exact) mass is 460 g/mol. The van der Waals surface area contributed by atoms with Gasteiger partial charge in [0.05, 0.1) is 10.2 Å². The number of aryl methyl sites for hydroxylation is 3. The van der Waals surface area contributed by atoms with Crippen molar-refractivity contribution in [3.63, 3.8) is 0 Å². The molecule has 6 heteroatoms. The lowest BCUT2D eigenvalue weighted by Gasteiger charge is -2.33. The van der Waals surface area contributed by atoms with Crippen LogP contribution in [0.2, 0.25) is 0 Å². The Bertz CT molecular complexity index is 868. The average Bonchev–Trinajstić information content (AvgIpc) is 3.02. The summed E-state index contributed by atoms with van der Waals surface area (Å²) in [5.41, 5.74) is 12.0. The van der Waals surface area contributed by atoms with Gasteiger partial charge in [-0.2, -0.15) is 5.10 Å². The molecule has 1 aromatic heterocycles. The van der Waals surface area contributed by atoms with Crippen molar-refractivity contribution in [1.29, 1.82) is 0 Å². The Labute approximate surface area is 182 Å². The fraction of sp³-hybridized carbons (Fsp3) is 0.565. The predicted octanol–water partition coefficient (Wildman–Crippen LogP) is 4.83. The number of nitrogens with two attached hydrogens (primary N) is 1. The molecular formula is C23H33BrN4O. The van der Waals surface area contributed by atoms with Crippen molar-refractivity contribution in [3.05, 3.63) is 50.8 Å². The average molecular weight is 461 g/mol. The van der Waals surface area contributed by atoms with Crippen molar-refractivity contribution < 1.29 is 4.79 Å². The van der Waals surface area contributed by atoms with E-state index < -0.39 is 0 Å². The minimum absolute atomic E-state index is 0.0477. The van der Waals surface area contributed by atoms with Gasteiger partial charge in [-0.1, -0.05) is 18.2 Å². The molecule has 0 radical (unpaired) electrons. The first-order valence-electron chi connectivity index (χ1n) is 10.7. The summed E-state index contributed by atoms with van der Waals surface area (Å²) in [6.07, 6.45) is 4.45. The summed E-state index contributed by atoms with van der Waals surface area (Å²) >= 11 is 3.51. The molecule has 1 fully saturated rings. The zero-order valence-corrected chi connectivity index (χ0v) is 19.6. The normalized spacial score (nSPS) is 20.5. The van der Waals surface area contributed by atoms with Crippen LogP contribution in [-0.4, -0.2) is 22.2 Å². The van der Waals surface area contributed by atoms with Crippen LogP contribution >= 0.6 is 15.9 Å². The van der Waals surface area contributed by atoms with E-state index in [0.717, 1.165) is 35.8 Å². The van der Waals surface area contributed by atoms with E-state index in [2.05, 4.69) is 58.4 Å². The minimum atomic E-state index is -0.0477. The maximum absolute atomic E-state index is 12.7. The number of carbonyl (C=O) groups excluding carboxylic acids is 1. The zero-order valence-electron chi connectivity index (χ0n) is 18.0. The van der Waals surface area contributed by atoms with Gasteiger partial charge in [-0.25, -0.2) is 0 Å². The van der Waals surface area contributed by atoms with E-state index in [1.54, 1.807) is 4.68 Å². The number of benzene rings is 1. The molecule has 158 valence electrons. The highest BCUT2D eigenvalue weighted by Gasteiger charge is 2.28. The van der Waals surface area contributed by atoms with Crippen LogP contribution in [-0.2, 0) is 6.54 Å². The van der Waals surface area contributed by atoms with Crippen LogP contribution in [0.15, 0.2) is 22.7 Å². The fourth-order valence-corrected chi connectivity index (χ4v) is 4.93. The Balaban J connectivity index is 1.54. The third-order valence-electron chi connectivity index (χ3n) is 6.53. The molecule has 0 aliphatic heterocycles. The van der Waals surface area contributed by atoms with Crippen LogP contribution in [0.3, 0.4) is 0 Å². The van der Waals surface area contributed by atoms with Crippen molar-refractivity contribution in [3.8, 4) is 0 Å². The summed E-state index contributed by atoms with van der Waals surface area (Å²) in [7, 11) is 0. The van der Waals surface area contributed by atoms with Gasteiger partial charge in [0.15, 0.2) is 0 Å². The van der Waals surface area contributed by atoms with Crippen LogP contribution in [0.4, 0.5) is 0 Å². The smallest absolute Gasteiger partial charge is 0.270 e. The van der Waals surface area contributed by atoms with Crippen LogP contribution in [0, 0.1) is 32.6 Å². The molecule has 1 aliphatic rings. The van der Waals surface area contributed by atoms with E-state index in [1.165, 1.54) is 16.7 Å². The number of hydrogen-bond acceptors (Lipinski definition) is 3. The van der Waals surface area contributed by atoms with Crippen molar-refractivity contribution in [2.75, 3.05) is 6.54 Å². The Hall–Kier alpha value is -1.66. The maximum atomic E-state index is 12.7. The predicted molar refractivity (Wildman–Crippen MR) is 121 cm³/mol. The number of carbonyl (C=O) groups is 1. The van der Waals surface area contributed by atoms with Gasteiger partial charge >= 0.3 is 0 Å². The van der Waals surface area contributed by atoms with Gasteiger partial charge in [-0.15, -0.1) is 0 Å². The molecular weight excluding hydrogens is 428 g/mol. The van der Waals surface area contributed by atoms with E-state index >= 15 is 0 Å². The molecule has 2 aromatic rings.